The van der Waals surface area contributed by atoms with Crippen molar-refractivity contribution in [3.63, 3.8) is 0 Å². The minimum absolute atomic E-state index is 0.343. The summed E-state index contributed by atoms with van der Waals surface area (Å²) in [4.78, 5) is 0. The van der Waals surface area contributed by atoms with Crippen LogP contribution in [0.1, 0.15) is 13.8 Å². The maximum Gasteiger partial charge on any atom is 0.370 e. The lowest BCUT2D eigenvalue weighted by molar-refractivity contribution is 0.726. The molecule has 17 heavy (non-hydrogen) atoms. The molecule has 0 aliphatic carbocycles. The molecule has 86 valence electrons. The number of hydrogen-bond acceptors (Lipinski definition) is 2. The molecule has 0 fully saturated rings. The maximum atomic E-state index is 3.58. The van der Waals surface area contributed by atoms with E-state index in [2.05, 4.69) is 60.7 Å². The summed E-state index contributed by atoms with van der Waals surface area (Å²) in [7, 11) is 0. The predicted octanol–water partition coefficient (Wildman–Crippen LogP) is 3.82. The second kappa shape index (κ2) is 3.99. The molecule has 1 aliphatic heterocycles. The first-order valence-corrected chi connectivity index (χ1v) is 6.29. The van der Waals surface area contributed by atoms with Crippen LogP contribution in [-0.2, 0) is 0 Å². The standard InChI is InChI=1S/C14H17BN2/c1-10(2)9-15-16-12-7-3-5-11-6-4-8-13(17-15)14(11)12/h3-8,10,16-17H,9H2,1-2H3. The maximum absolute atomic E-state index is 3.58. The molecular weight excluding hydrogens is 207 g/mol. The molecule has 2 N–H and O–H groups in total. The molecule has 0 unspecified atom stereocenters. The van der Waals surface area contributed by atoms with Crippen molar-refractivity contribution in [2.24, 2.45) is 5.92 Å². The molecule has 0 amide bonds. The highest BCUT2D eigenvalue weighted by atomic mass is 15.0. The average Bonchev–Trinajstić information content (AvgIpc) is 2.28. The molecule has 3 heteroatoms. The van der Waals surface area contributed by atoms with Crippen LogP contribution in [0.2, 0.25) is 6.32 Å². The average molecular weight is 224 g/mol. The van der Waals surface area contributed by atoms with Gasteiger partial charge in [-0.05, 0) is 29.8 Å². The normalized spacial score (nSPS) is 13.7. The molecule has 0 bridgehead atoms. The van der Waals surface area contributed by atoms with Crippen LogP contribution in [0.25, 0.3) is 10.8 Å². The minimum Gasteiger partial charge on any atom is -0.409 e. The van der Waals surface area contributed by atoms with Gasteiger partial charge in [0.05, 0.1) is 0 Å². The zero-order valence-corrected chi connectivity index (χ0v) is 10.3. The third-order valence-corrected chi connectivity index (χ3v) is 3.27. The Bertz CT molecular complexity index is 510. The number of anilines is 2. The van der Waals surface area contributed by atoms with Gasteiger partial charge in [0.25, 0.3) is 0 Å². The molecule has 2 nitrogen and oxygen atoms in total. The Kier molecular flexibility index (Phi) is 2.47. The topological polar surface area (TPSA) is 24.1 Å². The number of benzene rings is 2. The van der Waals surface area contributed by atoms with Gasteiger partial charge < -0.3 is 10.5 Å². The van der Waals surface area contributed by atoms with Gasteiger partial charge in [0.15, 0.2) is 0 Å². The highest BCUT2D eigenvalue weighted by molar-refractivity contribution is 6.67. The molecule has 0 radical (unpaired) electrons. The van der Waals surface area contributed by atoms with Crippen LogP contribution in [0.5, 0.6) is 0 Å². The van der Waals surface area contributed by atoms with Crippen molar-refractivity contribution in [2.75, 3.05) is 10.5 Å². The minimum atomic E-state index is 0.343. The largest absolute Gasteiger partial charge is 0.409 e. The summed E-state index contributed by atoms with van der Waals surface area (Å²) in [5, 5.41) is 9.77. The lowest BCUT2D eigenvalue weighted by Crippen LogP contribution is -2.38. The van der Waals surface area contributed by atoms with Crippen LogP contribution in [-0.4, -0.2) is 6.98 Å². The van der Waals surface area contributed by atoms with E-state index in [4.69, 9.17) is 0 Å². The van der Waals surface area contributed by atoms with Crippen LogP contribution in [0.15, 0.2) is 36.4 Å². The molecule has 2 aromatic rings. The van der Waals surface area contributed by atoms with Gasteiger partial charge in [-0.2, -0.15) is 0 Å². The van der Waals surface area contributed by atoms with Crippen molar-refractivity contribution in [1.82, 2.24) is 0 Å². The summed E-state index contributed by atoms with van der Waals surface area (Å²) >= 11 is 0. The molecule has 0 aromatic heterocycles. The summed E-state index contributed by atoms with van der Waals surface area (Å²) in [6.45, 7) is 4.85. The zero-order chi connectivity index (χ0) is 11.8. The number of hydrogen-bond donors (Lipinski definition) is 2. The fourth-order valence-electron chi connectivity index (χ4n) is 2.58. The Labute approximate surface area is 103 Å². The van der Waals surface area contributed by atoms with Crippen LogP contribution >= 0.6 is 0 Å². The monoisotopic (exact) mass is 224 g/mol. The van der Waals surface area contributed by atoms with Crippen molar-refractivity contribution >= 4 is 29.1 Å². The van der Waals surface area contributed by atoms with Gasteiger partial charge in [-0.25, -0.2) is 0 Å². The van der Waals surface area contributed by atoms with Crippen molar-refractivity contribution in [3.05, 3.63) is 36.4 Å². The van der Waals surface area contributed by atoms with Crippen LogP contribution in [0, 0.1) is 5.92 Å². The third-order valence-electron chi connectivity index (χ3n) is 3.27. The molecule has 0 atom stereocenters. The van der Waals surface area contributed by atoms with E-state index in [1.807, 2.05) is 0 Å². The van der Waals surface area contributed by atoms with E-state index in [9.17, 15) is 0 Å². The van der Waals surface area contributed by atoms with Crippen LogP contribution in [0.4, 0.5) is 11.4 Å². The Morgan fingerprint density at radius 2 is 1.59 bits per heavy atom. The Morgan fingerprint density at radius 3 is 2.12 bits per heavy atom. The first-order valence-electron chi connectivity index (χ1n) is 6.29. The van der Waals surface area contributed by atoms with E-state index in [-0.39, 0.29) is 0 Å². The molecular formula is C14H17BN2. The fourth-order valence-corrected chi connectivity index (χ4v) is 2.58. The zero-order valence-electron chi connectivity index (χ0n) is 10.3. The molecule has 0 saturated heterocycles. The summed E-state index contributed by atoms with van der Waals surface area (Å²) in [6, 6.07) is 12.9. The van der Waals surface area contributed by atoms with Crippen LogP contribution < -0.4 is 10.5 Å². The van der Waals surface area contributed by atoms with Gasteiger partial charge in [-0.1, -0.05) is 38.1 Å². The molecule has 1 heterocycles. The summed E-state index contributed by atoms with van der Waals surface area (Å²) in [6.07, 6.45) is 1.13. The third kappa shape index (κ3) is 1.86. The van der Waals surface area contributed by atoms with Gasteiger partial charge in [-0.15, -0.1) is 0 Å². The van der Waals surface area contributed by atoms with Crippen molar-refractivity contribution in [1.29, 1.82) is 0 Å². The molecule has 1 aliphatic rings. The summed E-state index contributed by atoms with van der Waals surface area (Å²) in [5.41, 5.74) is 2.50. The van der Waals surface area contributed by atoms with Gasteiger partial charge in [0.2, 0.25) is 0 Å². The highest BCUT2D eigenvalue weighted by Gasteiger charge is 2.23. The smallest absolute Gasteiger partial charge is 0.370 e. The second-order valence-electron chi connectivity index (χ2n) is 5.18. The highest BCUT2D eigenvalue weighted by Crippen LogP contribution is 2.34. The fraction of sp³-hybridized carbons (Fsp3) is 0.286. The SMILES string of the molecule is CC(C)CB1Nc2cccc3cccc(c23)N1. The van der Waals surface area contributed by atoms with Gasteiger partial charge in [0.1, 0.15) is 0 Å². The first kappa shape index (κ1) is 10.5. The number of nitrogens with one attached hydrogen (secondary N) is 2. The molecule has 3 rings (SSSR count). The molecule has 2 aromatic carbocycles. The van der Waals surface area contributed by atoms with Crippen molar-refractivity contribution < 1.29 is 0 Å². The summed E-state index contributed by atoms with van der Waals surface area (Å²) < 4.78 is 0. The van der Waals surface area contributed by atoms with Crippen molar-refractivity contribution in [3.8, 4) is 0 Å². The quantitative estimate of drug-likeness (QED) is 0.757. The second-order valence-corrected chi connectivity index (χ2v) is 5.18. The lowest BCUT2D eigenvalue weighted by Gasteiger charge is -2.27. The van der Waals surface area contributed by atoms with E-state index < -0.39 is 0 Å². The van der Waals surface area contributed by atoms with Crippen molar-refractivity contribution in [2.45, 2.75) is 20.2 Å². The van der Waals surface area contributed by atoms with Gasteiger partial charge in [0, 0.05) is 16.8 Å². The predicted molar refractivity (Wildman–Crippen MR) is 76.6 cm³/mol. The van der Waals surface area contributed by atoms with E-state index >= 15 is 0 Å². The molecule has 0 saturated carbocycles. The van der Waals surface area contributed by atoms with Crippen LogP contribution in [0.3, 0.4) is 0 Å². The number of rotatable bonds is 2. The lowest BCUT2D eigenvalue weighted by atomic mass is 9.66. The molecule has 0 spiro atoms. The van der Waals surface area contributed by atoms with E-state index in [0.717, 1.165) is 6.32 Å². The van der Waals surface area contributed by atoms with E-state index in [1.54, 1.807) is 0 Å². The van der Waals surface area contributed by atoms with Gasteiger partial charge in [-0.3, -0.25) is 0 Å². The van der Waals surface area contributed by atoms with E-state index in [1.165, 1.54) is 22.1 Å². The summed E-state index contributed by atoms with van der Waals surface area (Å²) in [5.74, 6) is 0.685. The Balaban J connectivity index is 2.05. The Morgan fingerprint density at radius 1 is 1.00 bits per heavy atom. The first-order chi connectivity index (χ1) is 8.24. The Hall–Kier alpha value is -1.64. The van der Waals surface area contributed by atoms with E-state index in [0.29, 0.717) is 12.9 Å². The van der Waals surface area contributed by atoms with Gasteiger partial charge >= 0.3 is 6.98 Å².